The molecular formula is C14H14N2O3. The Morgan fingerprint density at radius 3 is 2.79 bits per heavy atom. The van der Waals surface area contributed by atoms with Gasteiger partial charge in [-0.3, -0.25) is 4.79 Å². The van der Waals surface area contributed by atoms with Gasteiger partial charge in [-0.15, -0.1) is 0 Å². The number of nitrogens with zero attached hydrogens (tertiary/aromatic N) is 1. The number of fused-ring (bicyclic) bond motifs is 1. The molecule has 1 fully saturated rings. The minimum Gasteiger partial charge on any atom is -0.497 e. The molecular weight excluding hydrogens is 244 g/mol. The van der Waals surface area contributed by atoms with Crippen molar-refractivity contribution in [3.63, 3.8) is 0 Å². The number of methoxy groups -OCH3 is 1. The Kier molecular flexibility index (Phi) is 2.64. The van der Waals surface area contributed by atoms with E-state index in [-0.39, 0.29) is 5.91 Å². The minimum atomic E-state index is -0.530. The van der Waals surface area contributed by atoms with Crippen molar-refractivity contribution in [1.29, 1.82) is 0 Å². The van der Waals surface area contributed by atoms with Crippen LogP contribution in [-0.4, -0.2) is 19.1 Å². The van der Waals surface area contributed by atoms with E-state index in [1.54, 1.807) is 13.2 Å². The van der Waals surface area contributed by atoms with Crippen LogP contribution in [0.25, 0.3) is 0 Å². The van der Waals surface area contributed by atoms with Crippen LogP contribution in [0, 0.1) is 0 Å². The summed E-state index contributed by atoms with van der Waals surface area (Å²) < 4.78 is 5.28. The average Bonchev–Trinajstić information content (AvgIpc) is 2.72. The zero-order valence-corrected chi connectivity index (χ0v) is 10.7. The second-order valence-electron chi connectivity index (χ2n) is 5.02. The van der Waals surface area contributed by atoms with E-state index in [1.165, 1.54) is 0 Å². The van der Waals surface area contributed by atoms with Crippen LogP contribution in [-0.2, 0) is 21.5 Å². The van der Waals surface area contributed by atoms with Gasteiger partial charge < -0.3 is 10.1 Å². The number of carbonyl (C=O) groups excluding carboxylic acids is 2. The lowest BCUT2D eigenvalue weighted by atomic mass is 9.71. The fourth-order valence-corrected chi connectivity index (χ4v) is 2.84. The molecule has 1 aromatic rings. The predicted molar refractivity (Wildman–Crippen MR) is 69.0 cm³/mol. The summed E-state index contributed by atoms with van der Waals surface area (Å²) in [6.07, 6.45) is 4.64. The number of nitrogens with one attached hydrogen (secondary N) is 1. The Balaban J connectivity index is 2.18. The van der Waals surface area contributed by atoms with Crippen molar-refractivity contribution in [2.45, 2.75) is 31.2 Å². The molecule has 0 spiro atoms. The van der Waals surface area contributed by atoms with Gasteiger partial charge in [-0.1, -0.05) is 0 Å². The number of hydrogen-bond acceptors (Lipinski definition) is 4. The SMILES string of the molecule is COc1cc2c(c(C3(N=C=O)CCC3)c1)NC(=O)C2. The highest BCUT2D eigenvalue weighted by Gasteiger charge is 2.42. The summed E-state index contributed by atoms with van der Waals surface area (Å²) in [6.45, 7) is 0. The average molecular weight is 258 g/mol. The van der Waals surface area contributed by atoms with Crippen molar-refractivity contribution in [3.05, 3.63) is 23.3 Å². The fraction of sp³-hybridized carbons (Fsp3) is 0.429. The number of ether oxygens (including phenoxy) is 1. The fourth-order valence-electron chi connectivity index (χ4n) is 2.84. The summed E-state index contributed by atoms with van der Waals surface area (Å²) in [5, 5.41) is 2.87. The van der Waals surface area contributed by atoms with E-state index in [0.717, 1.165) is 36.1 Å². The lowest BCUT2D eigenvalue weighted by Gasteiger charge is -2.38. The van der Waals surface area contributed by atoms with Gasteiger partial charge in [0.25, 0.3) is 0 Å². The standard InChI is InChI=1S/C14H14N2O3/c1-19-10-5-9-6-12(18)16-13(9)11(7-10)14(15-8-17)3-2-4-14/h5,7H,2-4,6H2,1H3,(H,16,18). The van der Waals surface area contributed by atoms with Crippen LogP contribution < -0.4 is 10.1 Å². The molecule has 5 nitrogen and oxygen atoms in total. The molecule has 0 radical (unpaired) electrons. The highest BCUT2D eigenvalue weighted by molar-refractivity contribution is 6.00. The van der Waals surface area contributed by atoms with E-state index in [0.29, 0.717) is 12.2 Å². The number of anilines is 1. The third-order valence-corrected chi connectivity index (χ3v) is 3.99. The summed E-state index contributed by atoms with van der Waals surface area (Å²) in [5.41, 5.74) is 2.05. The maximum atomic E-state index is 11.6. The summed E-state index contributed by atoms with van der Waals surface area (Å²) in [6, 6.07) is 3.72. The van der Waals surface area contributed by atoms with Crippen LogP contribution >= 0.6 is 0 Å². The quantitative estimate of drug-likeness (QED) is 0.665. The Hall–Kier alpha value is -2.13. The molecule has 0 unspecified atom stereocenters. The Bertz CT molecular complexity index is 599. The zero-order valence-electron chi connectivity index (χ0n) is 10.7. The summed E-state index contributed by atoms with van der Waals surface area (Å²) in [5.74, 6) is 0.659. The van der Waals surface area contributed by atoms with E-state index < -0.39 is 5.54 Å². The third kappa shape index (κ3) is 1.74. The van der Waals surface area contributed by atoms with Crippen molar-refractivity contribution in [1.82, 2.24) is 0 Å². The molecule has 0 bridgehead atoms. The molecule has 0 aromatic heterocycles. The minimum absolute atomic E-state index is 0.0333. The molecule has 1 N–H and O–H groups in total. The first-order valence-corrected chi connectivity index (χ1v) is 6.29. The number of aliphatic imine (C=N–C) groups is 1. The van der Waals surface area contributed by atoms with E-state index in [2.05, 4.69) is 10.3 Å². The number of benzene rings is 1. The predicted octanol–water partition coefficient (Wildman–Crippen LogP) is 1.90. The van der Waals surface area contributed by atoms with E-state index in [9.17, 15) is 9.59 Å². The molecule has 2 aliphatic rings. The van der Waals surface area contributed by atoms with E-state index in [1.807, 2.05) is 12.1 Å². The summed E-state index contributed by atoms with van der Waals surface area (Å²) in [4.78, 5) is 26.3. The number of isocyanates is 1. The van der Waals surface area contributed by atoms with Crippen molar-refractivity contribution in [2.24, 2.45) is 4.99 Å². The van der Waals surface area contributed by atoms with E-state index in [4.69, 9.17) is 4.74 Å². The molecule has 1 saturated carbocycles. The zero-order chi connectivity index (χ0) is 13.5. The molecule has 5 heteroatoms. The largest absolute Gasteiger partial charge is 0.497 e. The molecule has 1 heterocycles. The maximum absolute atomic E-state index is 11.6. The molecule has 1 aliphatic carbocycles. The van der Waals surface area contributed by atoms with Crippen LogP contribution in [0.3, 0.4) is 0 Å². The van der Waals surface area contributed by atoms with Crippen LogP contribution in [0.15, 0.2) is 17.1 Å². The summed E-state index contributed by atoms with van der Waals surface area (Å²) in [7, 11) is 1.59. The smallest absolute Gasteiger partial charge is 0.235 e. The van der Waals surface area contributed by atoms with Crippen LogP contribution in [0.5, 0.6) is 5.75 Å². The Morgan fingerprint density at radius 1 is 1.42 bits per heavy atom. The van der Waals surface area contributed by atoms with Gasteiger partial charge in [0.15, 0.2) is 0 Å². The molecule has 19 heavy (non-hydrogen) atoms. The van der Waals surface area contributed by atoms with Crippen LogP contribution in [0.4, 0.5) is 5.69 Å². The van der Waals surface area contributed by atoms with Crippen molar-refractivity contribution >= 4 is 17.7 Å². The van der Waals surface area contributed by atoms with Crippen molar-refractivity contribution < 1.29 is 14.3 Å². The summed E-state index contributed by atoms with van der Waals surface area (Å²) >= 11 is 0. The second-order valence-corrected chi connectivity index (χ2v) is 5.02. The van der Waals surface area contributed by atoms with Gasteiger partial charge in [0.05, 0.1) is 19.2 Å². The highest BCUT2D eigenvalue weighted by atomic mass is 16.5. The lowest BCUT2D eigenvalue weighted by molar-refractivity contribution is -0.115. The monoisotopic (exact) mass is 258 g/mol. The normalized spacial score (nSPS) is 18.9. The lowest BCUT2D eigenvalue weighted by Crippen LogP contribution is -2.32. The molecule has 0 atom stereocenters. The van der Waals surface area contributed by atoms with Crippen LogP contribution in [0.2, 0.25) is 0 Å². The first-order valence-electron chi connectivity index (χ1n) is 6.29. The Labute approximate surface area is 110 Å². The topological polar surface area (TPSA) is 67.8 Å². The molecule has 1 aromatic carbocycles. The number of carbonyl (C=O) groups is 1. The van der Waals surface area contributed by atoms with Gasteiger partial charge in [0.1, 0.15) is 11.3 Å². The van der Waals surface area contributed by atoms with Crippen molar-refractivity contribution in [3.8, 4) is 5.75 Å². The van der Waals surface area contributed by atoms with Gasteiger partial charge in [0.2, 0.25) is 12.0 Å². The van der Waals surface area contributed by atoms with Gasteiger partial charge in [-0.2, -0.15) is 4.99 Å². The Morgan fingerprint density at radius 2 is 2.21 bits per heavy atom. The van der Waals surface area contributed by atoms with E-state index >= 15 is 0 Å². The number of amides is 1. The second kappa shape index (κ2) is 4.21. The molecule has 0 saturated heterocycles. The molecule has 1 aliphatic heterocycles. The van der Waals surface area contributed by atoms with Gasteiger partial charge in [0, 0.05) is 5.56 Å². The maximum Gasteiger partial charge on any atom is 0.235 e. The number of hydrogen-bond donors (Lipinski definition) is 1. The third-order valence-electron chi connectivity index (χ3n) is 3.99. The highest BCUT2D eigenvalue weighted by Crippen LogP contribution is 2.50. The van der Waals surface area contributed by atoms with Crippen molar-refractivity contribution in [2.75, 3.05) is 12.4 Å². The first-order chi connectivity index (χ1) is 9.18. The van der Waals surface area contributed by atoms with Gasteiger partial charge in [-0.05, 0) is 37.0 Å². The van der Waals surface area contributed by atoms with Crippen LogP contribution in [0.1, 0.15) is 30.4 Å². The van der Waals surface area contributed by atoms with Gasteiger partial charge >= 0.3 is 0 Å². The first kappa shape index (κ1) is 11.9. The van der Waals surface area contributed by atoms with Gasteiger partial charge in [-0.25, -0.2) is 4.79 Å². The number of rotatable bonds is 3. The molecule has 1 amide bonds. The molecule has 3 rings (SSSR count). The molecule has 98 valence electrons.